The van der Waals surface area contributed by atoms with Crippen molar-refractivity contribution < 1.29 is 0 Å². The Bertz CT molecular complexity index is 3880. The number of benzene rings is 8. The molecule has 340 valence electrons. The van der Waals surface area contributed by atoms with Crippen molar-refractivity contribution in [2.45, 2.75) is 95.8 Å². The van der Waals surface area contributed by atoms with E-state index in [-0.39, 0.29) is 28.5 Å². The molecule has 9 aromatic rings. The summed E-state index contributed by atoms with van der Waals surface area (Å²) in [6, 6.07) is 56.6. The largest absolute Gasteiger partial charge is 0.376 e. The average Bonchev–Trinajstić information content (AvgIpc) is 3.89. The third kappa shape index (κ3) is 5.44. The van der Waals surface area contributed by atoms with Crippen LogP contribution in [-0.2, 0) is 21.7 Å². The van der Waals surface area contributed by atoms with Crippen LogP contribution in [0.3, 0.4) is 0 Å². The van der Waals surface area contributed by atoms with Crippen molar-refractivity contribution in [2.75, 3.05) is 4.81 Å². The molecular formula is C66H57BN2S. The molecule has 2 aliphatic carbocycles. The molecule has 2 nitrogen and oxygen atoms in total. The highest BCUT2D eigenvalue weighted by molar-refractivity contribution is 8.08. The van der Waals surface area contributed by atoms with Gasteiger partial charge in [-0.1, -0.05) is 191 Å². The van der Waals surface area contributed by atoms with Gasteiger partial charge in [0.05, 0.1) is 11.0 Å². The van der Waals surface area contributed by atoms with Gasteiger partial charge < -0.3 is 9.38 Å². The van der Waals surface area contributed by atoms with Crippen LogP contribution in [-0.4, -0.2) is 11.4 Å². The normalized spacial score (nSPS) is 16.4. The van der Waals surface area contributed by atoms with Crippen molar-refractivity contribution in [1.82, 2.24) is 4.57 Å². The SMILES string of the molecule is C=C1C=C(c2ccccc2)Sc2cc3c(cc21)B1c2c(c4c(c5c6cc(C(C)(C)C)ccc6n-3c25)-c2ccccc2C4(C)C)-c2cc3c(cc2N1c1ccc(C(C)(C)C)cc1)-c1ccccc1C3(C)C. The summed E-state index contributed by atoms with van der Waals surface area (Å²) in [7, 11) is 0. The fourth-order valence-electron chi connectivity index (χ4n) is 13.4. The van der Waals surface area contributed by atoms with Gasteiger partial charge in [0.25, 0.3) is 0 Å². The molecule has 3 aliphatic heterocycles. The van der Waals surface area contributed by atoms with Crippen LogP contribution in [0.5, 0.6) is 0 Å². The van der Waals surface area contributed by atoms with Gasteiger partial charge in [-0.15, -0.1) is 0 Å². The van der Waals surface area contributed by atoms with E-state index in [1.165, 1.54) is 137 Å². The van der Waals surface area contributed by atoms with Gasteiger partial charge in [-0.2, -0.15) is 0 Å². The molecule has 0 N–H and O–H groups in total. The van der Waals surface area contributed by atoms with Crippen LogP contribution in [0.2, 0.25) is 0 Å². The molecule has 70 heavy (non-hydrogen) atoms. The number of thioether (sulfide) groups is 1. The summed E-state index contributed by atoms with van der Waals surface area (Å²) in [6.07, 6.45) is 2.31. The molecule has 0 spiro atoms. The number of hydrogen-bond acceptors (Lipinski definition) is 2. The van der Waals surface area contributed by atoms with Crippen LogP contribution in [0.25, 0.3) is 71.4 Å². The summed E-state index contributed by atoms with van der Waals surface area (Å²) < 4.78 is 2.69. The third-order valence-corrected chi connectivity index (χ3v) is 18.1. The Kier molecular flexibility index (Phi) is 8.29. The van der Waals surface area contributed by atoms with Gasteiger partial charge in [0.15, 0.2) is 0 Å². The smallest absolute Gasteiger partial charge is 0.333 e. The molecule has 0 saturated carbocycles. The molecule has 4 heteroatoms. The fraction of sp³-hybridized carbons (Fsp3) is 0.212. The van der Waals surface area contributed by atoms with Crippen molar-refractivity contribution in [2.24, 2.45) is 0 Å². The zero-order valence-electron chi connectivity index (χ0n) is 42.0. The zero-order valence-corrected chi connectivity index (χ0v) is 42.8. The summed E-state index contributed by atoms with van der Waals surface area (Å²) in [6.45, 7) is 28.6. The van der Waals surface area contributed by atoms with Crippen molar-refractivity contribution in [3.63, 3.8) is 0 Å². The Morgan fingerprint density at radius 2 is 1.21 bits per heavy atom. The van der Waals surface area contributed by atoms with Crippen LogP contribution >= 0.6 is 11.8 Å². The van der Waals surface area contributed by atoms with E-state index in [9.17, 15) is 0 Å². The van der Waals surface area contributed by atoms with Gasteiger partial charge in [-0.3, -0.25) is 0 Å². The third-order valence-electron chi connectivity index (χ3n) is 17.0. The average molecular weight is 921 g/mol. The number of fused-ring (bicyclic) bond motifs is 17. The van der Waals surface area contributed by atoms with Gasteiger partial charge in [0, 0.05) is 54.0 Å². The van der Waals surface area contributed by atoms with E-state index in [0.717, 1.165) is 5.57 Å². The molecule has 8 aromatic carbocycles. The van der Waals surface area contributed by atoms with Gasteiger partial charge >= 0.3 is 6.85 Å². The highest BCUT2D eigenvalue weighted by Gasteiger charge is 2.51. The lowest BCUT2D eigenvalue weighted by Gasteiger charge is -2.44. The standard InChI is InChI=1S/C66H57BN2S/c1-37-31-55(38-19-13-12-14-20-38)70-56-36-54-51(34-44(37)56)67-61-59(60-57(43-22-16-18-24-49(43)66(60,10)11)58-46-32-40(64(5,6)7)27-30-52(46)68(54)62(58)61)47-33-50-45(42-21-15-17-23-48(42)65(50,8)9)35-53(47)69(67)41-28-25-39(26-29-41)63(2,3)4/h12-36H,1H2,2-11H3. The maximum absolute atomic E-state index is 4.82. The molecule has 0 bridgehead atoms. The Hall–Kier alpha value is -6.75. The van der Waals surface area contributed by atoms with E-state index in [0.29, 0.717) is 0 Å². The van der Waals surface area contributed by atoms with Crippen LogP contribution < -0.4 is 15.7 Å². The summed E-state index contributed by atoms with van der Waals surface area (Å²) in [5.41, 5.74) is 28.6. The monoisotopic (exact) mass is 920 g/mol. The van der Waals surface area contributed by atoms with Crippen molar-refractivity contribution in [3.05, 3.63) is 203 Å². The molecule has 4 heterocycles. The topological polar surface area (TPSA) is 8.17 Å². The Morgan fingerprint density at radius 1 is 0.557 bits per heavy atom. The van der Waals surface area contributed by atoms with Crippen molar-refractivity contribution >= 4 is 73.2 Å². The number of nitrogens with zero attached hydrogens (tertiary/aromatic N) is 2. The first-order chi connectivity index (χ1) is 33.4. The predicted molar refractivity (Wildman–Crippen MR) is 302 cm³/mol. The van der Waals surface area contributed by atoms with Gasteiger partial charge in [0.2, 0.25) is 0 Å². The quantitative estimate of drug-likeness (QED) is 0.160. The number of allylic oxidation sites excluding steroid dienone is 2. The van der Waals surface area contributed by atoms with E-state index in [1.54, 1.807) is 0 Å². The lowest BCUT2D eigenvalue weighted by molar-refractivity contribution is 0.590. The fourth-order valence-corrected chi connectivity index (χ4v) is 14.6. The first-order valence-electron chi connectivity index (χ1n) is 25.2. The first kappa shape index (κ1) is 42.2. The summed E-state index contributed by atoms with van der Waals surface area (Å²) in [4.78, 5) is 5.22. The predicted octanol–water partition coefficient (Wildman–Crippen LogP) is 16.4. The van der Waals surface area contributed by atoms with Crippen molar-refractivity contribution in [3.8, 4) is 39.1 Å². The molecule has 0 fully saturated rings. The molecule has 0 atom stereocenters. The van der Waals surface area contributed by atoms with Gasteiger partial charge in [0.1, 0.15) is 0 Å². The maximum Gasteiger partial charge on any atom is 0.333 e. The maximum atomic E-state index is 4.82. The minimum atomic E-state index is -0.280. The summed E-state index contributed by atoms with van der Waals surface area (Å²) >= 11 is 1.88. The first-order valence-corrected chi connectivity index (χ1v) is 26.0. The van der Waals surface area contributed by atoms with E-state index >= 15 is 0 Å². The highest BCUT2D eigenvalue weighted by atomic mass is 32.2. The highest BCUT2D eigenvalue weighted by Crippen LogP contribution is 2.61. The van der Waals surface area contributed by atoms with Crippen LogP contribution in [0.15, 0.2) is 163 Å². The lowest BCUT2D eigenvalue weighted by atomic mass is 9.43. The van der Waals surface area contributed by atoms with Crippen LogP contribution in [0, 0.1) is 0 Å². The number of aromatic nitrogens is 1. The number of hydrogen-bond donors (Lipinski definition) is 0. The van der Waals surface area contributed by atoms with E-state index in [1.807, 2.05) is 11.8 Å². The van der Waals surface area contributed by atoms with E-state index < -0.39 is 0 Å². The lowest BCUT2D eigenvalue weighted by Crippen LogP contribution is -2.61. The van der Waals surface area contributed by atoms with E-state index in [4.69, 9.17) is 6.58 Å². The molecule has 0 saturated heterocycles. The molecule has 0 amide bonds. The molecule has 14 rings (SSSR count). The minimum Gasteiger partial charge on any atom is -0.376 e. The molecule has 0 unspecified atom stereocenters. The van der Waals surface area contributed by atoms with E-state index in [2.05, 4.69) is 230 Å². The molecule has 0 radical (unpaired) electrons. The second-order valence-electron chi connectivity index (χ2n) is 23.8. The van der Waals surface area contributed by atoms with Crippen LogP contribution in [0.4, 0.5) is 11.4 Å². The minimum absolute atomic E-state index is 0.0157. The van der Waals surface area contributed by atoms with Crippen LogP contribution in [0.1, 0.15) is 114 Å². The summed E-state index contributed by atoms with van der Waals surface area (Å²) in [5.74, 6) is 0. The molecular weight excluding hydrogens is 864 g/mol. The molecule has 1 aromatic heterocycles. The summed E-state index contributed by atoms with van der Waals surface area (Å²) in [5, 5.41) is 2.71. The zero-order chi connectivity index (χ0) is 48.1. The molecule has 5 aliphatic rings. The Morgan fingerprint density at radius 3 is 1.93 bits per heavy atom. The van der Waals surface area contributed by atoms with Crippen molar-refractivity contribution in [1.29, 1.82) is 0 Å². The van der Waals surface area contributed by atoms with Gasteiger partial charge in [-0.25, -0.2) is 0 Å². The van der Waals surface area contributed by atoms with Gasteiger partial charge in [-0.05, 0) is 148 Å². The number of rotatable bonds is 2. The second kappa shape index (κ2) is 13.8. The second-order valence-corrected chi connectivity index (χ2v) is 24.9. The Balaban J connectivity index is 1.19. The number of anilines is 2. The Labute approximate surface area is 417 Å².